The van der Waals surface area contributed by atoms with Crippen LogP contribution in [-0.2, 0) is 0 Å². The molecular weight excluding hydrogens is 312 g/mol. The average Bonchev–Trinajstić information content (AvgIpc) is 2.52. The van der Waals surface area contributed by atoms with Crippen LogP contribution in [-0.4, -0.2) is 23.2 Å². The van der Waals surface area contributed by atoms with E-state index in [-0.39, 0.29) is 16.8 Å². The van der Waals surface area contributed by atoms with Gasteiger partial charge >= 0.3 is 0 Å². The zero-order chi connectivity index (χ0) is 17.0. The van der Waals surface area contributed by atoms with Gasteiger partial charge in [-0.3, -0.25) is 10.1 Å². The number of methoxy groups -OCH3 is 1. The molecule has 3 N–H and O–H groups in total. The fraction of sp³-hybridized carbons (Fsp3) is 0.176. The number of rotatable bonds is 3. The molecule has 2 aromatic carbocycles. The highest BCUT2D eigenvalue weighted by Crippen LogP contribution is 2.27. The Hall–Kier alpha value is -2.60. The van der Waals surface area contributed by atoms with Gasteiger partial charge in [0, 0.05) is 11.6 Å². The zero-order valence-electron chi connectivity index (χ0n) is 13.1. The number of benzene rings is 2. The predicted molar refractivity (Wildman–Crippen MR) is 94.3 cm³/mol. The van der Waals surface area contributed by atoms with Crippen molar-refractivity contribution < 1.29 is 14.6 Å². The summed E-state index contributed by atoms with van der Waals surface area (Å²) in [6.07, 6.45) is 0. The first-order valence-electron chi connectivity index (χ1n) is 6.97. The number of aryl methyl sites for hydroxylation is 2. The van der Waals surface area contributed by atoms with Crippen LogP contribution < -0.4 is 15.4 Å². The molecule has 2 rings (SSSR count). The topological polar surface area (TPSA) is 70.6 Å². The van der Waals surface area contributed by atoms with Crippen molar-refractivity contribution in [1.29, 1.82) is 0 Å². The standard InChI is InChI=1S/C17H18N2O3S/c1-10-4-5-12(8-11(10)2)16(21)19-17(23)18-14-9-13(22-3)6-7-15(14)20/h4-9,20H,1-3H3,(H2,18,19,21,23). The monoisotopic (exact) mass is 330 g/mol. The lowest BCUT2D eigenvalue weighted by Crippen LogP contribution is -2.34. The summed E-state index contributed by atoms with van der Waals surface area (Å²) in [7, 11) is 1.52. The van der Waals surface area contributed by atoms with Crippen LogP contribution in [0.1, 0.15) is 21.5 Å². The third-order valence-corrected chi connectivity index (χ3v) is 3.65. The summed E-state index contributed by atoms with van der Waals surface area (Å²) in [6.45, 7) is 3.92. The Morgan fingerprint density at radius 1 is 1.13 bits per heavy atom. The van der Waals surface area contributed by atoms with Gasteiger partial charge in [-0.05, 0) is 61.5 Å². The van der Waals surface area contributed by atoms with Gasteiger partial charge in [-0.15, -0.1) is 0 Å². The molecule has 0 radical (unpaired) electrons. The van der Waals surface area contributed by atoms with Crippen LogP contribution in [0.4, 0.5) is 5.69 Å². The molecule has 0 heterocycles. The smallest absolute Gasteiger partial charge is 0.257 e. The van der Waals surface area contributed by atoms with Gasteiger partial charge in [-0.1, -0.05) is 6.07 Å². The Bertz CT molecular complexity index is 759. The van der Waals surface area contributed by atoms with E-state index in [1.165, 1.54) is 13.2 Å². The molecule has 0 aliphatic heterocycles. The molecule has 0 aromatic heterocycles. The number of anilines is 1. The lowest BCUT2D eigenvalue weighted by molar-refractivity contribution is 0.0977. The van der Waals surface area contributed by atoms with Gasteiger partial charge in [-0.2, -0.15) is 0 Å². The Balaban J connectivity index is 2.07. The van der Waals surface area contributed by atoms with Crippen molar-refractivity contribution in [3.05, 3.63) is 53.1 Å². The van der Waals surface area contributed by atoms with Crippen molar-refractivity contribution >= 4 is 28.9 Å². The summed E-state index contributed by atoms with van der Waals surface area (Å²) in [4.78, 5) is 12.2. The minimum Gasteiger partial charge on any atom is -0.506 e. The van der Waals surface area contributed by atoms with E-state index in [1.54, 1.807) is 24.3 Å². The molecule has 0 saturated heterocycles. The molecule has 0 fully saturated rings. The number of phenols is 1. The number of nitrogens with one attached hydrogen (secondary N) is 2. The normalized spacial score (nSPS) is 10.0. The van der Waals surface area contributed by atoms with Crippen molar-refractivity contribution in [2.45, 2.75) is 13.8 Å². The van der Waals surface area contributed by atoms with Gasteiger partial charge < -0.3 is 15.2 Å². The highest BCUT2D eigenvalue weighted by molar-refractivity contribution is 7.80. The SMILES string of the molecule is COc1ccc(O)c(NC(=S)NC(=O)c2ccc(C)c(C)c2)c1. The van der Waals surface area contributed by atoms with E-state index in [2.05, 4.69) is 10.6 Å². The lowest BCUT2D eigenvalue weighted by atomic mass is 10.1. The number of amides is 1. The van der Waals surface area contributed by atoms with Crippen LogP contribution in [0, 0.1) is 13.8 Å². The molecule has 0 unspecified atom stereocenters. The molecule has 0 spiro atoms. The van der Waals surface area contributed by atoms with Gasteiger partial charge in [0.2, 0.25) is 0 Å². The van der Waals surface area contributed by atoms with Crippen molar-refractivity contribution in [1.82, 2.24) is 5.32 Å². The first-order chi connectivity index (χ1) is 10.9. The molecule has 0 atom stereocenters. The number of hydrogen-bond acceptors (Lipinski definition) is 4. The largest absolute Gasteiger partial charge is 0.506 e. The third kappa shape index (κ3) is 4.20. The highest BCUT2D eigenvalue weighted by Gasteiger charge is 2.11. The number of ether oxygens (including phenoxy) is 1. The second kappa shape index (κ2) is 7.11. The van der Waals surface area contributed by atoms with Crippen LogP contribution in [0.15, 0.2) is 36.4 Å². The quantitative estimate of drug-likeness (QED) is 0.596. The molecule has 0 saturated carbocycles. The molecule has 0 aliphatic carbocycles. The maximum Gasteiger partial charge on any atom is 0.257 e. The van der Waals surface area contributed by atoms with Gasteiger partial charge in [0.05, 0.1) is 12.8 Å². The van der Waals surface area contributed by atoms with Gasteiger partial charge in [0.1, 0.15) is 11.5 Å². The zero-order valence-corrected chi connectivity index (χ0v) is 14.0. The molecular formula is C17H18N2O3S. The van der Waals surface area contributed by atoms with E-state index in [4.69, 9.17) is 17.0 Å². The number of carbonyl (C=O) groups excluding carboxylic acids is 1. The highest BCUT2D eigenvalue weighted by atomic mass is 32.1. The number of phenolic OH excluding ortho intramolecular Hbond substituents is 1. The van der Waals surface area contributed by atoms with Crippen LogP contribution in [0.3, 0.4) is 0 Å². The van der Waals surface area contributed by atoms with E-state index >= 15 is 0 Å². The molecule has 5 nitrogen and oxygen atoms in total. The molecule has 6 heteroatoms. The minimum atomic E-state index is -0.312. The maximum absolute atomic E-state index is 12.2. The molecule has 0 bridgehead atoms. The summed E-state index contributed by atoms with van der Waals surface area (Å²) >= 11 is 5.12. The Kier molecular flexibility index (Phi) is 5.18. The van der Waals surface area contributed by atoms with Crippen LogP contribution in [0.25, 0.3) is 0 Å². The van der Waals surface area contributed by atoms with Crippen LogP contribution >= 0.6 is 12.2 Å². The fourth-order valence-electron chi connectivity index (χ4n) is 1.95. The summed E-state index contributed by atoms with van der Waals surface area (Å²) in [5.41, 5.74) is 3.02. The lowest BCUT2D eigenvalue weighted by Gasteiger charge is -2.12. The van der Waals surface area contributed by atoms with Gasteiger partial charge in [0.25, 0.3) is 5.91 Å². The van der Waals surface area contributed by atoms with E-state index < -0.39 is 0 Å². The third-order valence-electron chi connectivity index (χ3n) is 3.45. The van der Waals surface area contributed by atoms with Crippen molar-refractivity contribution in [2.75, 3.05) is 12.4 Å². The second-order valence-corrected chi connectivity index (χ2v) is 5.50. The molecule has 120 valence electrons. The maximum atomic E-state index is 12.2. The molecule has 23 heavy (non-hydrogen) atoms. The summed E-state index contributed by atoms with van der Waals surface area (Å²) in [5, 5.41) is 15.3. The summed E-state index contributed by atoms with van der Waals surface area (Å²) in [6, 6.07) is 10.1. The number of aromatic hydroxyl groups is 1. The molecule has 0 aliphatic rings. The van der Waals surface area contributed by atoms with E-state index in [0.29, 0.717) is 17.0 Å². The fourth-order valence-corrected chi connectivity index (χ4v) is 2.16. The van der Waals surface area contributed by atoms with Crippen molar-refractivity contribution in [2.24, 2.45) is 0 Å². The Morgan fingerprint density at radius 2 is 1.87 bits per heavy atom. The van der Waals surface area contributed by atoms with Crippen molar-refractivity contribution in [3.63, 3.8) is 0 Å². The van der Waals surface area contributed by atoms with E-state index in [0.717, 1.165) is 11.1 Å². The Labute approximate surface area is 140 Å². The predicted octanol–water partition coefficient (Wildman–Crippen LogP) is 3.14. The first kappa shape index (κ1) is 16.8. The number of carbonyl (C=O) groups is 1. The van der Waals surface area contributed by atoms with Gasteiger partial charge in [0.15, 0.2) is 5.11 Å². The van der Waals surface area contributed by atoms with Crippen LogP contribution in [0.2, 0.25) is 0 Å². The number of thiocarbonyl (C=S) groups is 1. The average molecular weight is 330 g/mol. The first-order valence-corrected chi connectivity index (χ1v) is 7.38. The summed E-state index contributed by atoms with van der Waals surface area (Å²) in [5.74, 6) is 0.259. The van der Waals surface area contributed by atoms with E-state index in [1.807, 2.05) is 19.9 Å². The Morgan fingerprint density at radius 3 is 2.52 bits per heavy atom. The minimum absolute atomic E-state index is 0.00794. The second-order valence-electron chi connectivity index (χ2n) is 5.09. The molecule has 1 amide bonds. The van der Waals surface area contributed by atoms with Crippen LogP contribution in [0.5, 0.6) is 11.5 Å². The van der Waals surface area contributed by atoms with Gasteiger partial charge in [-0.25, -0.2) is 0 Å². The molecule has 2 aromatic rings. The van der Waals surface area contributed by atoms with E-state index in [9.17, 15) is 9.90 Å². The van der Waals surface area contributed by atoms with Crippen molar-refractivity contribution in [3.8, 4) is 11.5 Å². The summed E-state index contributed by atoms with van der Waals surface area (Å²) < 4.78 is 5.08. The number of hydrogen-bond donors (Lipinski definition) is 3.